The second-order valence-electron chi connectivity index (χ2n) is 4.64. The van der Waals surface area contributed by atoms with Crippen molar-refractivity contribution in [2.75, 3.05) is 0 Å². The number of rotatable bonds is 6. The van der Waals surface area contributed by atoms with Gasteiger partial charge in [0.15, 0.2) is 0 Å². The van der Waals surface area contributed by atoms with Gasteiger partial charge in [-0.1, -0.05) is 24.3 Å². The van der Waals surface area contributed by atoms with Crippen LogP contribution in [0.1, 0.15) is 22.9 Å². The average Bonchev–Trinajstić information content (AvgIpc) is 2.98. The van der Waals surface area contributed by atoms with Gasteiger partial charge in [-0.3, -0.25) is 4.79 Å². The monoisotopic (exact) mass is 321 g/mol. The number of thiophene rings is 1. The van der Waals surface area contributed by atoms with Gasteiger partial charge >= 0.3 is 6.03 Å². The van der Waals surface area contributed by atoms with Crippen molar-refractivity contribution in [3.05, 3.63) is 58.0 Å². The van der Waals surface area contributed by atoms with Crippen molar-refractivity contribution in [1.29, 1.82) is 0 Å². The first-order chi connectivity index (χ1) is 10.6. The Morgan fingerprint density at radius 1 is 1.23 bits per heavy atom. The summed E-state index contributed by atoms with van der Waals surface area (Å²) in [6.45, 7) is 0.400. The van der Waals surface area contributed by atoms with E-state index >= 15 is 0 Å². The summed E-state index contributed by atoms with van der Waals surface area (Å²) < 4.78 is 13.8. The molecule has 0 saturated heterocycles. The number of carbonyl (C=O) groups excluding carboxylic acids is 2. The Kier molecular flexibility index (Phi) is 5.48. The third-order valence-corrected chi connectivity index (χ3v) is 3.90. The van der Waals surface area contributed by atoms with Crippen molar-refractivity contribution in [1.82, 2.24) is 10.6 Å². The van der Waals surface area contributed by atoms with Crippen molar-refractivity contribution in [3.63, 3.8) is 0 Å². The van der Waals surface area contributed by atoms with Crippen LogP contribution >= 0.6 is 11.3 Å². The zero-order chi connectivity index (χ0) is 15.9. The molecular weight excluding hydrogens is 305 g/mol. The molecule has 5 nitrogen and oxygen atoms in total. The summed E-state index contributed by atoms with van der Waals surface area (Å²) in [5, 5.41) is 7.05. The van der Waals surface area contributed by atoms with Crippen LogP contribution in [0.3, 0.4) is 0 Å². The molecule has 0 aliphatic carbocycles. The number of nitrogens with two attached hydrogens (primary N) is 1. The fraction of sp³-hybridized carbons (Fsp3) is 0.200. The van der Waals surface area contributed by atoms with E-state index in [-0.39, 0.29) is 17.9 Å². The van der Waals surface area contributed by atoms with Gasteiger partial charge < -0.3 is 16.4 Å². The van der Waals surface area contributed by atoms with Gasteiger partial charge in [0, 0.05) is 10.4 Å². The van der Waals surface area contributed by atoms with E-state index in [0.29, 0.717) is 6.54 Å². The van der Waals surface area contributed by atoms with Gasteiger partial charge in [-0.05, 0) is 17.5 Å². The first-order valence-electron chi connectivity index (χ1n) is 6.65. The van der Waals surface area contributed by atoms with Gasteiger partial charge in [-0.2, -0.15) is 0 Å². The molecule has 1 aromatic carbocycles. The summed E-state index contributed by atoms with van der Waals surface area (Å²) in [4.78, 5) is 24.1. The Morgan fingerprint density at radius 3 is 2.64 bits per heavy atom. The fourth-order valence-corrected chi connectivity index (χ4v) is 2.67. The van der Waals surface area contributed by atoms with Crippen LogP contribution in [0.4, 0.5) is 9.18 Å². The molecule has 0 bridgehead atoms. The SMILES string of the molecule is NC(=O)N[C@@H](CC(=O)NCc1cccs1)c1ccccc1F. The minimum absolute atomic E-state index is 0.0880. The smallest absolute Gasteiger partial charge is 0.312 e. The molecule has 116 valence electrons. The van der Waals surface area contributed by atoms with Crippen molar-refractivity contribution >= 4 is 23.3 Å². The molecule has 0 aliphatic heterocycles. The maximum Gasteiger partial charge on any atom is 0.312 e. The summed E-state index contributed by atoms with van der Waals surface area (Å²) in [6, 6.07) is 8.15. The predicted molar refractivity (Wildman–Crippen MR) is 82.6 cm³/mol. The van der Waals surface area contributed by atoms with Crippen LogP contribution in [0.15, 0.2) is 41.8 Å². The molecule has 1 atom stereocenters. The van der Waals surface area contributed by atoms with Crippen LogP contribution in [0.2, 0.25) is 0 Å². The number of nitrogens with one attached hydrogen (secondary N) is 2. The maximum atomic E-state index is 13.8. The molecule has 2 rings (SSSR count). The normalized spacial score (nSPS) is 11.7. The third-order valence-electron chi connectivity index (χ3n) is 3.03. The van der Waals surface area contributed by atoms with Crippen LogP contribution in [0, 0.1) is 5.82 Å². The lowest BCUT2D eigenvalue weighted by Gasteiger charge is -2.18. The number of halogens is 1. The molecule has 0 fully saturated rings. The van der Waals surface area contributed by atoms with E-state index in [2.05, 4.69) is 10.6 Å². The molecule has 0 aliphatic rings. The van der Waals surface area contributed by atoms with Gasteiger partial charge in [-0.25, -0.2) is 9.18 Å². The van der Waals surface area contributed by atoms with Crippen molar-refractivity contribution in [2.45, 2.75) is 19.0 Å². The van der Waals surface area contributed by atoms with Crippen LogP contribution in [-0.2, 0) is 11.3 Å². The standard InChI is InChI=1S/C15H16FN3O2S/c16-12-6-2-1-5-11(12)13(19-15(17)21)8-14(20)18-9-10-4-3-7-22-10/h1-7,13H,8-9H2,(H,18,20)(H3,17,19,21)/t13-/m0/s1. The van der Waals surface area contributed by atoms with E-state index < -0.39 is 17.9 Å². The molecular formula is C15H16FN3O2S. The van der Waals surface area contributed by atoms with E-state index in [4.69, 9.17) is 5.73 Å². The van der Waals surface area contributed by atoms with Crippen LogP contribution in [-0.4, -0.2) is 11.9 Å². The van der Waals surface area contributed by atoms with Crippen LogP contribution in [0.5, 0.6) is 0 Å². The van der Waals surface area contributed by atoms with Crippen molar-refractivity contribution in [3.8, 4) is 0 Å². The van der Waals surface area contributed by atoms with E-state index in [0.717, 1.165) is 4.88 Å². The highest BCUT2D eigenvalue weighted by molar-refractivity contribution is 7.09. The second kappa shape index (κ2) is 7.56. The Hall–Kier alpha value is -2.41. The van der Waals surface area contributed by atoms with Crippen LogP contribution < -0.4 is 16.4 Å². The number of urea groups is 1. The van der Waals surface area contributed by atoms with Crippen molar-refractivity contribution in [2.24, 2.45) is 5.73 Å². The molecule has 0 spiro atoms. The minimum Gasteiger partial charge on any atom is -0.352 e. The van der Waals surface area contributed by atoms with E-state index in [1.54, 1.807) is 6.07 Å². The number of hydrogen-bond acceptors (Lipinski definition) is 3. The summed E-state index contributed by atoms with van der Waals surface area (Å²) in [6.07, 6.45) is -0.0880. The van der Waals surface area contributed by atoms with E-state index in [1.807, 2.05) is 17.5 Å². The first kappa shape index (κ1) is 16.0. The fourth-order valence-electron chi connectivity index (χ4n) is 2.02. The van der Waals surface area contributed by atoms with Gasteiger partial charge in [0.2, 0.25) is 5.91 Å². The Bertz CT molecular complexity index is 646. The minimum atomic E-state index is -0.806. The summed E-state index contributed by atoms with van der Waals surface area (Å²) in [7, 11) is 0. The van der Waals surface area contributed by atoms with Gasteiger partial charge in [0.1, 0.15) is 5.82 Å². The van der Waals surface area contributed by atoms with Gasteiger partial charge in [0.05, 0.1) is 19.0 Å². The second-order valence-corrected chi connectivity index (χ2v) is 5.68. The van der Waals surface area contributed by atoms with E-state index in [1.165, 1.54) is 29.5 Å². The Labute approximate surface area is 131 Å². The molecule has 22 heavy (non-hydrogen) atoms. The predicted octanol–water partition coefficient (Wildman–Crippen LogP) is 2.30. The number of primary amides is 1. The lowest BCUT2D eigenvalue weighted by atomic mass is 10.0. The molecule has 1 heterocycles. The quantitative estimate of drug-likeness (QED) is 0.763. The highest BCUT2D eigenvalue weighted by Gasteiger charge is 2.20. The first-order valence-corrected chi connectivity index (χ1v) is 7.53. The number of carbonyl (C=O) groups is 2. The molecule has 0 unspecified atom stereocenters. The molecule has 2 aromatic rings. The molecule has 0 radical (unpaired) electrons. The van der Waals surface area contributed by atoms with E-state index in [9.17, 15) is 14.0 Å². The Balaban J connectivity index is 2.01. The zero-order valence-electron chi connectivity index (χ0n) is 11.7. The highest BCUT2D eigenvalue weighted by Crippen LogP contribution is 2.20. The maximum absolute atomic E-state index is 13.8. The van der Waals surface area contributed by atoms with Crippen molar-refractivity contribution < 1.29 is 14.0 Å². The molecule has 7 heteroatoms. The highest BCUT2D eigenvalue weighted by atomic mass is 32.1. The molecule has 1 aromatic heterocycles. The third kappa shape index (κ3) is 4.56. The van der Waals surface area contributed by atoms with Gasteiger partial charge in [0.25, 0.3) is 0 Å². The summed E-state index contributed by atoms with van der Waals surface area (Å²) in [5.41, 5.74) is 5.33. The number of hydrogen-bond donors (Lipinski definition) is 3. The number of benzene rings is 1. The molecule has 3 amide bonds. The summed E-state index contributed by atoms with van der Waals surface area (Å²) >= 11 is 1.53. The summed E-state index contributed by atoms with van der Waals surface area (Å²) in [5.74, 6) is -0.789. The largest absolute Gasteiger partial charge is 0.352 e. The van der Waals surface area contributed by atoms with Crippen LogP contribution in [0.25, 0.3) is 0 Å². The molecule has 4 N–H and O–H groups in total. The molecule has 0 saturated carbocycles. The van der Waals surface area contributed by atoms with Gasteiger partial charge in [-0.15, -0.1) is 11.3 Å². The lowest BCUT2D eigenvalue weighted by molar-refractivity contribution is -0.121. The topological polar surface area (TPSA) is 84.2 Å². The lowest BCUT2D eigenvalue weighted by Crippen LogP contribution is -2.36. The Morgan fingerprint density at radius 2 is 2.00 bits per heavy atom. The average molecular weight is 321 g/mol. The number of amides is 3. The zero-order valence-corrected chi connectivity index (χ0v) is 12.5.